The van der Waals surface area contributed by atoms with Crippen molar-refractivity contribution >= 4 is 0 Å². The van der Waals surface area contributed by atoms with Crippen molar-refractivity contribution in [2.45, 2.75) is 32.7 Å². The topological polar surface area (TPSA) is 35.2 Å². The summed E-state index contributed by atoms with van der Waals surface area (Å²) in [4.78, 5) is 0. The standard InChI is InChI=1S/C12H17F2NO/c1-7-5-9(12(3,15)11(13)14)10(16-4)6-8(7)2/h5-6,11H,15H2,1-4H3. The number of hydrogen-bond donors (Lipinski definition) is 1. The van der Waals surface area contributed by atoms with Crippen molar-refractivity contribution in [3.8, 4) is 5.75 Å². The molecule has 0 aliphatic rings. The van der Waals surface area contributed by atoms with Gasteiger partial charge in [-0.1, -0.05) is 6.07 Å². The van der Waals surface area contributed by atoms with Crippen molar-refractivity contribution in [2.24, 2.45) is 5.73 Å². The lowest BCUT2D eigenvalue weighted by atomic mass is 9.90. The molecule has 0 radical (unpaired) electrons. The number of benzene rings is 1. The molecule has 90 valence electrons. The lowest BCUT2D eigenvalue weighted by molar-refractivity contribution is 0.0610. The molecule has 0 fully saturated rings. The number of nitrogens with two attached hydrogens (primary N) is 1. The van der Waals surface area contributed by atoms with Crippen molar-refractivity contribution in [3.63, 3.8) is 0 Å². The van der Waals surface area contributed by atoms with Gasteiger partial charge in [0.1, 0.15) is 11.3 Å². The maximum absolute atomic E-state index is 12.9. The van der Waals surface area contributed by atoms with Crippen LogP contribution in [0, 0.1) is 13.8 Å². The smallest absolute Gasteiger partial charge is 0.260 e. The maximum atomic E-state index is 12.9. The van der Waals surface area contributed by atoms with Gasteiger partial charge in [-0.3, -0.25) is 0 Å². The molecule has 0 amide bonds. The zero-order chi connectivity index (χ0) is 12.5. The van der Waals surface area contributed by atoms with Gasteiger partial charge in [0.15, 0.2) is 0 Å². The molecule has 0 aromatic heterocycles. The predicted molar refractivity (Wildman–Crippen MR) is 60.0 cm³/mol. The van der Waals surface area contributed by atoms with Crippen LogP contribution < -0.4 is 10.5 Å². The summed E-state index contributed by atoms with van der Waals surface area (Å²) in [5.41, 5.74) is 6.21. The average molecular weight is 229 g/mol. The third-order valence-corrected chi connectivity index (χ3v) is 2.85. The Morgan fingerprint density at radius 3 is 2.19 bits per heavy atom. The van der Waals surface area contributed by atoms with Gasteiger partial charge < -0.3 is 10.5 Å². The molecular weight excluding hydrogens is 212 g/mol. The molecule has 1 atom stereocenters. The van der Waals surface area contributed by atoms with E-state index < -0.39 is 12.0 Å². The van der Waals surface area contributed by atoms with Crippen LogP contribution in [-0.2, 0) is 5.54 Å². The summed E-state index contributed by atoms with van der Waals surface area (Å²) in [5.74, 6) is 0.411. The van der Waals surface area contributed by atoms with Crippen molar-refractivity contribution in [2.75, 3.05) is 7.11 Å². The monoisotopic (exact) mass is 229 g/mol. The van der Waals surface area contributed by atoms with Crippen LogP contribution in [0.2, 0.25) is 0 Å². The first-order chi connectivity index (χ1) is 7.30. The Morgan fingerprint density at radius 1 is 1.25 bits per heavy atom. The molecule has 0 saturated heterocycles. The molecule has 0 spiro atoms. The van der Waals surface area contributed by atoms with Crippen LogP contribution in [-0.4, -0.2) is 13.5 Å². The van der Waals surface area contributed by atoms with E-state index in [1.807, 2.05) is 13.8 Å². The van der Waals surface area contributed by atoms with E-state index in [2.05, 4.69) is 0 Å². The molecule has 0 saturated carbocycles. The van der Waals surface area contributed by atoms with Crippen LogP contribution in [0.1, 0.15) is 23.6 Å². The van der Waals surface area contributed by atoms with Gasteiger partial charge >= 0.3 is 0 Å². The third kappa shape index (κ3) is 2.16. The number of aryl methyl sites for hydroxylation is 2. The minimum absolute atomic E-state index is 0.341. The molecule has 1 aromatic carbocycles. The fourth-order valence-electron chi connectivity index (χ4n) is 1.50. The summed E-state index contributed by atoms with van der Waals surface area (Å²) in [7, 11) is 1.45. The molecule has 1 rings (SSSR count). The van der Waals surface area contributed by atoms with Gasteiger partial charge in [0.05, 0.1) is 7.11 Å². The highest BCUT2D eigenvalue weighted by Crippen LogP contribution is 2.34. The van der Waals surface area contributed by atoms with Crippen molar-refractivity contribution in [1.82, 2.24) is 0 Å². The number of alkyl halides is 2. The summed E-state index contributed by atoms with van der Waals surface area (Å²) in [6, 6.07) is 3.40. The van der Waals surface area contributed by atoms with Gasteiger partial charge in [-0.2, -0.15) is 0 Å². The number of hydrogen-bond acceptors (Lipinski definition) is 2. The van der Waals surface area contributed by atoms with Gasteiger partial charge in [-0.05, 0) is 38.0 Å². The van der Waals surface area contributed by atoms with E-state index in [1.54, 1.807) is 12.1 Å². The molecule has 1 aromatic rings. The van der Waals surface area contributed by atoms with E-state index >= 15 is 0 Å². The molecule has 0 bridgehead atoms. The molecule has 2 nitrogen and oxygen atoms in total. The number of rotatable bonds is 3. The Hall–Kier alpha value is -1.16. The summed E-state index contributed by atoms with van der Waals surface area (Å²) >= 11 is 0. The lowest BCUT2D eigenvalue weighted by Crippen LogP contribution is -2.41. The fraction of sp³-hybridized carbons (Fsp3) is 0.500. The van der Waals surface area contributed by atoms with E-state index in [-0.39, 0.29) is 0 Å². The van der Waals surface area contributed by atoms with Crippen LogP contribution in [0.4, 0.5) is 8.78 Å². The van der Waals surface area contributed by atoms with Crippen LogP contribution in [0.3, 0.4) is 0 Å². The summed E-state index contributed by atoms with van der Waals surface area (Å²) in [6.07, 6.45) is -2.64. The SMILES string of the molecule is COc1cc(C)c(C)cc1C(C)(N)C(F)F. The van der Waals surface area contributed by atoms with Gasteiger partial charge in [0.2, 0.25) is 0 Å². The van der Waals surface area contributed by atoms with Crippen molar-refractivity contribution in [1.29, 1.82) is 0 Å². The van der Waals surface area contributed by atoms with Gasteiger partial charge in [0.25, 0.3) is 6.43 Å². The second-order valence-corrected chi connectivity index (χ2v) is 4.22. The van der Waals surface area contributed by atoms with Crippen molar-refractivity contribution < 1.29 is 13.5 Å². The predicted octanol–water partition coefficient (Wildman–Crippen LogP) is 2.75. The zero-order valence-corrected chi connectivity index (χ0v) is 9.97. The normalized spacial score (nSPS) is 15.0. The number of halogens is 2. The highest BCUT2D eigenvalue weighted by atomic mass is 19.3. The first kappa shape index (κ1) is 12.9. The Balaban J connectivity index is 3.37. The van der Waals surface area contributed by atoms with Crippen molar-refractivity contribution in [3.05, 3.63) is 28.8 Å². The number of ether oxygens (including phenoxy) is 1. The second kappa shape index (κ2) is 4.37. The maximum Gasteiger partial charge on any atom is 0.260 e. The van der Waals surface area contributed by atoms with E-state index in [4.69, 9.17) is 10.5 Å². The van der Waals surface area contributed by atoms with Crippen LogP contribution in [0.15, 0.2) is 12.1 Å². The van der Waals surface area contributed by atoms with Crippen LogP contribution in [0.25, 0.3) is 0 Å². The molecule has 1 unspecified atom stereocenters. The van der Waals surface area contributed by atoms with E-state index in [1.165, 1.54) is 14.0 Å². The first-order valence-electron chi connectivity index (χ1n) is 5.03. The number of methoxy groups -OCH3 is 1. The second-order valence-electron chi connectivity index (χ2n) is 4.22. The zero-order valence-electron chi connectivity index (χ0n) is 9.97. The fourth-order valence-corrected chi connectivity index (χ4v) is 1.50. The minimum atomic E-state index is -2.64. The quantitative estimate of drug-likeness (QED) is 0.865. The summed E-state index contributed by atoms with van der Waals surface area (Å²) in [5, 5.41) is 0. The Bertz CT molecular complexity index is 389. The average Bonchev–Trinajstić information content (AvgIpc) is 2.20. The molecule has 4 heteroatoms. The first-order valence-corrected chi connectivity index (χ1v) is 5.03. The molecule has 2 N–H and O–H groups in total. The Labute approximate surface area is 94.4 Å². The highest BCUT2D eigenvalue weighted by Gasteiger charge is 2.35. The third-order valence-electron chi connectivity index (χ3n) is 2.85. The summed E-state index contributed by atoms with van der Waals surface area (Å²) < 4.78 is 30.8. The van der Waals surface area contributed by atoms with E-state index in [0.29, 0.717) is 11.3 Å². The lowest BCUT2D eigenvalue weighted by Gasteiger charge is -2.27. The summed E-state index contributed by atoms with van der Waals surface area (Å²) in [6.45, 7) is 5.07. The molecule has 0 aliphatic carbocycles. The van der Waals surface area contributed by atoms with Gasteiger partial charge in [0, 0.05) is 5.56 Å². The van der Waals surface area contributed by atoms with Gasteiger partial charge in [-0.15, -0.1) is 0 Å². The largest absolute Gasteiger partial charge is 0.496 e. The minimum Gasteiger partial charge on any atom is -0.496 e. The molecule has 16 heavy (non-hydrogen) atoms. The molecule has 0 heterocycles. The molecular formula is C12H17F2NO. The Morgan fingerprint density at radius 2 is 1.75 bits per heavy atom. The van der Waals surface area contributed by atoms with E-state index in [0.717, 1.165) is 11.1 Å². The van der Waals surface area contributed by atoms with E-state index in [9.17, 15) is 8.78 Å². The molecule has 0 aliphatic heterocycles. The van der Waals surface area contributed by atoms with Crippen LogP contribution >= 0.6 is 0 Å². The Kier molecular flexibility index (Phi) is 3.53. The van der Waals surface area contributed by atoms with Gasteiger partial charge in [-0.25, -0.2) is 8.78 Å². The van der Waals surface area contributed by atoms with Crippen LogP contribution in [0.5, 0.6) is 5.75 Å². The highest BCUT2D eigenvalue weighted by molar-refractivity contribution is 5.45.